The van der Waals surface area contributed by atoms with E-state index in [1.807, 2.05) is 0 Å². The van der Waals surface area contributed by atoms with Gasteiger partial charge in [-0.2, -0.15) is 0 Å². The number of fused-ring (bicyclic) bond motifs is 1. The van der Waals surface area contributed by atoms with Crippen LogP contribution in [0.15, 0.2) is 18.2 Å². The number of nitrogens with zero attached hydrogens (tertiary/aromatic N) is 1. The van der Waals surface area contributed by atoms with E-state index in [0.29, 0.717) is 6.42 Å². The lowest BCUT2D eigenvalue weighted by molar-refractivity contribution is -0.118. The molecule has 1 aromatic rings. The van der Waals surface area contributed by atoms with Gasteiger partial charge in [0.25, 0.3) is 5.24 Å². The Balaban J connectivity index is 1.79. The zero-order valence-electron chi connectivity index (χ0n) is 11.5. The highest BCUT2D eigenvalue weighted by molar-refractivity contribution is 8.15. The summed E-state index contributed by atoms with van der Waals surface area (Å²) in [6.07, 6.45) is 2.91. The number of carbonyl (C=O) groups excluding carboxylic acids is 2. The molecule has 0 saturated carbocycles. The lowest BCUT2D eigenvalue weighted by Crippen LogP contribution is -2.29. The average molecular weight is 290 g/mol. The van der Waals surface area contributed by atoms with Gasteiger partial charge in [0.15, 0.2) is 0 Å². The van der Waals surface area contributed by atoms with Gasteiger partial charge in [-0.05, 0) is 43.4 Å². The summed E-state index contributed by atoms with van der Waals surface area (Å²) in [5, 5.41) is 1.84. The fourth-order valence-electron chi connectivity index (χ4n) is 2.93. The topological polar surface area (TPSA) is 49.4 Å². The molecule has 1 aromatic carbocycles. The van der Waals surface area contributed by atoms with E-state index >= 15 is 0 Å². The first kappa shape index (κ1) is 13.5. The number of anilines is 1. The van der Waals surface area contributed by atoms with Crippen LogP contribution >= 0.6 is 11.8 Å². The number of benzene rings is 1. The molecular formula is C15H18N2O2S. The molecule has 3 rings (SSSR count). The predicted octanol–water partition coefficient (Wildman–Crippen LogP) is 2.35. The third kappa shape index (κ3) is 2.54. The molecule has 2 aliphatic rings. The standard InChI is InChI=1S/C15H18N2O2S/c1-2-17-7-3-4-11-8-10(5-6-12(11)17)9-13-14(18)16-15(19)20-13/h5-6,8,13H,2-4,7,9H2,1H3,(H,16,18,19). The third-order valence-electron chi connectivity index (χ3n) is 3.93. The maximum Gasteiger partial charge on any atom is 0.286 e. The largest absolute Gasteiger partial charge is 0.372 e. The maximum atomic E-state index is 11.6. The number of carbonyl (C=O) groups is 2. The summed E-state index contributed by atoms with van der Waals surface area (Å²) in [6.45, 7) is 4.33. The van der Waals surface area contributed by atoms with Crippen LogP contribution in [-0.4, -0.2) is 29.5 Å². The van der Waals surface area contributed by atoms with Gasteiger partial charge in [-0.15, -0.1) is 0 Å². The average Bonchev–Trinajstić information content (AvgIpc) is 2.76. The normalized spacial score (nSPS) is 21.9. The van der Waals surface area contributed by atoms with Crippen LogP contribution < -0.4 is 10.2 Å². The smallest absolute Gasteiger partial charge is 0.286 e. The first-order chi connectivity index (χ1) is 9.67. The van der Waals surface area contributed by atoms with Crippen LogP contribution in [-0.2, 0) is 17.6 Å². The van der Waals surface area contributed by atoms with Crippen LogP contribution in [0.1, 0.15) is 24.5 Å². The number of aryl methyl sites for hydroxylation is 1. The number of nitrogens with one attached hydrogen (secondary N) is 1. The Morgan fingerprint density at radius 1 is 1.40 bits per heavy atom. The lowest BCUT2D eigenvalue weighted by Gasteiger charge is -2.30. The molecule has 2 heterocycles. The Morgan fingerprint density at radius 3 is 2.95 bits per heavy atom. The fraction of sp³-hybridized carbons (Fsp3) is 0.467. The number of imide groups is 1. The van der Waals surface area contributed by atoms with Gasteiger partial charge in [0, 0.05) is 18.8 Å². The van der Waals surface area contributed by atoms with E-state index in [2.05, 4.69) is 35.3 Å². The summed E-state index contributed by atoms with van der Waals surface area (Å²) in [4.78, 5) is 25.2. The molecule has 0 aliphatic carbocycles. The second-order valence-electron chi connectivity index (χ2n) is 5.23. The zero-order valence-corrected chi connectivity index (χ0v) is 12.3. The van der Waals surface area contributed by atoms with Gasteiger partial charge in [0.05, 0.1) is 5.25 Å². The van der Waals surface area contributed by atoms with Crippen molar-refractivity contribution in [1.29, 1.82) is 0 Å². The van der Waals surface area contributed by atoms with E-state index in [-0.39, 0.29) is 16.4 Å². The summed E-state index contributed by atoms with van der Waals surface area (Å²) in [5.41, 5.74) is 3.83. The van der Waals surface area contributed by atoms with Crippen molar-refractivity contribution < 1.29 is 9.59 Å². The highest BCUT2D eigenvalue weighted by Crippen LogP contribution is 2.30. The van der Waals surface area contributed by atoms with Gasteiger partial charge in [0.2, 0.25) is 5.91 Å². The van der Waals surface area contributed by atoms with Gasteiger partial charge >= 0.3 is 0 Å². The van der Waals surface area contributed by atoms with Crippen molar-refractivity contribution in [3.8, 4) is 0 Å². The van der Waals surface area contributed by atoms with Crippen molar-refractivity contribution in [2.24, 2.45) is 0 Å². The summed E-state index contributed by atoms with van der Waals surface area (Å²) in [6, 6.07) is 6.45. The van der Waals surface area contributed by atoms with Crippen molar-refractivity contribution in [2.45, 2.75) is 31.4 Å². The third-order valence-corrected chi connectivity index (χ3v) is 4.91. The molecule has 1 N–H and O–H groups in total. The number of hydrogen-bond acceptors (Lipinski definition) is 4. The van der Waals surface area contributed by atoms with Crippen molar-refractivity contribution in [3.05, 3.63) is 29.3 Å². The van der Waals surface area contributed by atoms with Crippen molar-refractivity contribution in [2.75, 3.05) is 18.0 Å². The second kappa shape index (κ2) is 5.48. The van der Waals surface area contributed by atoms with E-state index in [9.17, 15) is 9.59 Å². The number of hydrogen-bond donors (Lipinski definition) is 1. The maximum absolute atomic E-state index is 11.6. The van der Waals surface area contributed by atoms with E-state index in [0.717, 1.165) is 36.8 Å². The molecular weight excluding hydrogens is 272 g/mol. The molecule has 1 fully saturated rings. The molecule has 2 amide bonds. The van der Waals surface area contributed by atoms with Crippen molar-refractivity contribution >= 4 is 28.6 Å². The molecule has 0 spiro atoms. The van der Waals surface area contributed by atoms with Crippen LogP contribution in [0.25, 0.3) is 0 Å². The minimum absolute atomic E-state index is 0.159. The molecule has 4 nitrogen and oxygen atoms in total. The molecule has 20 heavy (non-hydrogen) atoms. The van der Waals surface area contributed by atoms with E-state index < -0.39 is 0 Å². The molecule has 106 valence electrons. The van der Waals surface area contributed by atoms with E-state index in [4.69, 9.17) is 0 Å². The lowest BCUT2D eigenvalue weighted by atomic mass is 9.97. The van der Waals surface area contributed by atoms with Gasteiger partial charge in [-0.25, -0.2) is 0 Å². The Bertz CT molecular complexity index is 559. The molecule has 0 aromatic heterocycles. The highest BCUT2D eigenvalue weighted by Gasteiger charge is 2.31. The van der Waals surface area contributed by atoms with Crippen LogP contribution in [0.4, 0.5) is 10.5 Å². The van der Waals surface area contributed by atoms with Gasteiger partial charge in [-0.3, -0.25) is 14.9 Å². The van der Waals surface area contributed by atoms with E-state index in [1.54, 1.807) is 0 Å². The summed E-state index contributed by atoms with van der Waals surface area (Å²) in [5.74, 6) is -0.159. The summed E-state index contributed by atoms with van der Waals surface area (Å²) in [7, 11) is 0. The number of thioether (sulfide) groups is 1. The van der Waals surface area contributed by atoms with Crippen molar-refractivity contribution in [3.63, 3.8) is 0 Å². The summed E-state index contributed by atoms with van der Waals surface area (Å²) >= 11 is 1.10. The second-order valence-corrected chi connectivity index (χ2v) is 6.41. The zero-order chi connectivity index (χ0) is 14.1. The highest BCUT2D eigenvalue weighted by atomic mass is 32.2. The van der Waals surface area contributed by atoms with Crippen LogP contribution in [0.3, 0.4) is 0 Å². The quantitative estimate of drug-likeness (QED) is 0.928. The Morgan fingerprint density at radius 2 is 2.25 bits per heavy atom. The van der Waals surface area contributed by atoms with Gasteiger partial charge < -0.3 is 4.90 Å². The SMILES string of the molecule is CCN1CCCc2cc(CC3SC(=O)NC3=O)ccc21. The molecule has 1 atom stereocenters. The predicted molar refractivity (Wildman–Crippen MR) is 81.3 cm³/mol. The fourth-order valence-corrected chi connectivity index (χ4v) is 3.79. The van der Waals surface area contributed by atoms with Crippen molar-refractivity contribution in [1.82, 2.24) is 5.32 Å². The number of amides is 2. The first-order valence-corrected chi connectivity index (χ1v) is 7.93. The Kier molecular flexibility index (Phi) is 3.70. The van der Waals surface area contributed by atoms with Crippen LogP contribution in [0.2, 0.25) is 0 Å². The first-order valence-electron chi connectivity index (χ1n) is 7.05. The summed E-state index contributed by atoms with van der Waals surface area (Å²) < 4.78 is 0. The molecule has 0 radical (unpaired) electrons. The molecule has 0 bridgehead atoms. The number of rotatable bonds is 3. The van der Waals surface area contributed by atoms with Gasteiger partial charge in [0.1, 0.15) is 0 Å². The Hall–Kier alpha value is -1.49. The van der Waals surface area contributed by atoms with Crippen LogP contribution in [0.5, 0.6) is 0 Å². The molecule has 1 unspecified atom stereocenters. The minimum Gasteiger partial charge on any atom is -0.372 e. The monoisotopic (exact) mass is 290 g/mol. The molecule has 2 aliphatic heterocycles. The van der Waals surface area contributed by atoms with Gasteiger partial charge in [-0.1, -0.05) is 23.9 Å². The Labute approximate surface area is 122 Å². The minimum atomic E-state index is -0.272. The van der Waals surface area contributed by atoms with Crippen LogP contribution in [0, 0.1) is 0 Å². The van der Waals surface area contributed by atoms with E-state index in [1.165, 1.54) is 17.7 Å². The molecule has 1 saturated heterocycles. The molecule has 5 heteroatoms.